The molecule has 1 heterocycles. The second kappa shape index (κ2) is 11.5. The molecular formula is C29H29FN6O2. The lowest BCUT2D eigenvalue weighted by Gasteiger charge is -2.22. The van der Waals surface area contributed by atoms with E-state index in [-0.39, 0.29) is 23.3 Å². The smallest absolute Gasteiger partial charge is 0.171 e. The molecule has 194 valence electrons. The van der Waals surface area contributed by atoms with Crippen molar-refractivity contribution in [3.8, 4) is 28.8 Å². The summed E-state index contributed by atoms with van der Waals surface area (Å²) in [6, 6.07) is 18.7. The Morgan fingerprint density at radius 2 is 1.92 bits per heavy atom. The second-order valence-electron chi connectivity index (χ2n) is 8.83. The van der Waals surface area contributed by atoms with Crippen LogP contribution in [0, 0.1) is 22.6 Å². The monoisotopic (exact) mass is 512 g/mol. The molecule has 0 saturated heterocycles. The van der Waals surface area contributed by atoms with E-state index in [9.17, 15) is 5.26 Å². The zero-order valence-corrected chi connectivity index (χ0v) is 21.4. The van der Waals surface area contributed by atoms with Gasteiger partial charge in [0.1, 0.15) is 23.5 Å². The van der Waals surface area contributed by atoms with Crippen molar-refractivity contribution in [1.82, 2.24) is 9.97 Å². The number of nitrogens with two attached hydrogens (primary N) is 1. The third-order valence-corrected chi connectivity index (χ3v) is 5.74. The van der Waals surface area contributed by atoms with Crippen LogP contribution in [-0.4, -0.2) is 28.5 Å². The van der Waals surface area contributed by atoms with Crippen LogP contribution in [0.1, 0.15) is 49.3 Å². The van der Waals surface area contributed by atoms with Gasteiger partial charge in [0.05, 0.1) is 36.2 Å². The number of hydrogen-bond donors (Lipinski definition) is 4. The van der Waals surface area contributed by atoms with Crippen molar-refractivity contribution >= 4 is 11.5 Å². The van der Waals surface area contributed by atoms with Crippen molar-refractivity contribution in [2.75, 3.05) is 11.9 Å². The number of benzene rings is 3. The van der Waals surface area contributed by atoms with E-state index in [4.69, 9.17) is 20.6 Å². The minimum Gasteiger partial charge on any atom is -0.494 e. The third kappa shape index (κ3) is 5.76. The Hall–Kier alpha value is -4.84. The summed E-state index contributed by atoms with van der Waals surface area (Å²) < 4.78 is 27.5. The predicted octanol–water partition coefficient (Wildman–Crippen LogP) is 5.76. The molecule has 1 unspecified atom stereocenters. The maximum Gasteiger partial charge on any atom is 0.171 e. The van der Waals surface area contributed by atoms with E-state index >= 15 is 4.39 Å². The van der Waals surface area contributed by atoms with Gasteiger partial charge in [-0.25, -0.2) is 9.37 Å². The lowest BCUT2D eigenvalue weighted by molar-refractivity contribution is 0.228. The number of nitrogen functional groups attached to an aromatic ring is 1. The molecule has 0 spiro atoms. The van der Waals surface area contributed by atoms with Gasteiger partial charge in [-0.3, -0.25) is 5.41 Å². The maximum atomic E-state index is 16.0. The van der Waals surface area contributed by atoms with Crippen LogP contribution < -0.4 is 20.5 Å². The first kappa shape index (κ1) is 26.2. The van der Waals surface area contributed by atoms with E-state index in [1.165, 1.54) is 6.07 Å². The van der Waals surface area contributed by atoms with Crippen LogP contribution in [0.15, 0.2) is 66.9 Å². The molecule has 0 aliphatic heterocycles. The van der Waals surface area contributed by atoms with Gasteiger partial charge in [-0.05, 0) is 57.2 Å². The molecule has 0 aliphatic carbocycles. The standard InChI is InChI=1S/C29H29FN6O2/c1-4-37-21-13-23(26(30)25(14-21)38-17(2)3)27(35-20-11-9-18(10-12-20)28(32)33)29-34-16-24(36-29)22-8-6-5-7-19(22)15-31/h5-14,16-17,27,35H,4H2,1-3H3,(H3,32,33)(H,34,36). The maximum absolute atomic E-state index is 16.0. The highest BCUT2D eigenvalue weighted by molar-refractivity contribution is 5.95. The van der Waals surface area contributed by atoms with Gasteiger partial charge in [-0.1, -0.05) is 18.2 Å². The Balaban J connectivity index is 1.84. The summed E-state index contributed by atoms with van der Waals surface area (Å²) in [6.45, 7) is 5.89. The van der Waals surface area contributed by atoms with Crippen LogP contribution in [0.4, 0.5) is 10.1 Å². The highest BCUT2D eigenvalue weighted by Gasteiger charge is 2.26. The van der Waals surface area contributed by atoms with Crippen molar-refractivity contribution < 1.29 is 13.9 Å². The average Bonchev–Trinajstić information content (AvgIpc) is 3.39. The highest BCUT2D eigenvalue weighted by atomic mass is 19.1. The second-order valence-corrected chi connectivity index (χ2v) is 8.83. The molecule has 4 aromatic rings. The van der Waals surface area contributed by atoms with Crippen LogP contribution in [0.2, 0.25) is 0 Å². The summed E-state index contributed by atoms with van der Waals surface area (Å²) in [6.07, 6.45) is 1.37. The minimum absolute atomic E-state index is 0.0501. The molecule has 9 heteroatoms. The van der Waals surface area contributed by atoms with Gasteiger partial charge < -0.3 is 25.5 Å². The predicted molar refractivity (Wildman–Crippen MR) is 145 cm³/mol. The van der Waals surface area contributed by atoms with Gasteiger partial charge in [0.15, 0.2) is 11.6 Å². The fourth-order valence-corrected chi connectivity index (χ4v) is 4.03. The number of nitrogens with zero attached hydrogens (tertiary/aromatic N) is 2. The first-order chi connectivity index (χ1) is 18.3. The van der Waals surface area contributed by atoms with Crippen LogP contribution >= 0.6 is 0 Å². The summed E-state index contributed by atoms with van der Waals surface area (Å²) >= 11 is 0. The van der Waals surface area contributed by atoms with Crippen molar-refractivity contribution in [2.45, 2.75) is 32.9 Å². The number of imidazole rings is 1. The molecule has 0 aliphatic rings. The van der Waals surface area contributed by atoms with E-state index in [0.29, 0.717) is 46.3 Å². The number of hydrogen-bond acceptors (Lipinski definition) is 6. The molecule has 0 amide bonds. The van der Waals surface area contributed by atoms with E-state index in [2.05, 4.69) is 21.4 Å². The Labute approximate surface area is 220 Å². The Bertz CT molecular complexity index is 1470. The van der Waals surface area contributed by atoms with E-state index in [1.54, 1.807) is 48.7 Å². The van der Waals surface area contributed by atoms with Gasteiger partial charge in [-0.2, -0.15) is 5.26 Å². The van der Waals surface area contributed by atoms with Crippen molar-refractivity contribution in [1.29, 1.82) is 10.7 Å². The quantitative estimate of drug-likeness (QED) is 0.158. The molecule has 0 fully saturated rings. The van der Waals surface area contributed by atoms with Crippen LogP contribution in [-0.2, 0) is 0 Å². The first-order valence-corrected chi connectivity index (χ1v) is 12.2. The molecule has 1 atom stereocenters. The minimum atomic E-state index is -0.781. The zero-order valence-electron chi connectivity index (χ0n) is 21.4. The Morgan fingerprint density at radius 3 is 2.58 bits per heavy atom. The number of aromatic amines is 1. The van der Waals surface area contributed by atoms with Gasteiger partial charge in [0.2, 0.25) is 0 Å². The molecule has 0 bridgehead atoms. The lowest BCUT2D eigenvalue weighted by atomic mass is 10.0. The number of halogens is 1. The summed E-state index contributed by atoms with van der Waals surface area (Å²) in [5.41, 5.74) is 8.88. The SMILES string of the molecule is CCOc1cc(OC(C)C)c(F)c(C(Nc2ccc(C(=N)N)cc2)c2ncc(-c3ccccc3C#N)[nH]2)c1. The lowest BCUT2D eigenvalue weighted by Crippen LogP contribution is -2.18. The van der Waals surface area contributed by atoms with Gasteiger partial charge in [-0.15, -0.1) is 0 Å². The molecule has 38 heavy (non-hydrogen) atoms. The summed E-state index contributed by atoms with van der Waals surface area (Å²) in [5.74, 6) is 0.355. The number of anilines is 1. The molecule has 1 aromatic heterocycles. The number of ether oxygens (including phenoxy) is 2. The molecule has 5 N–H and O–H groups in total. The number of aromatic nitrogens is 2. The summed E-state index contributed by atoms with van der Waals surface area (Å²) in [7, 11) is 0. The van der Waals surface area contributed by atoms with Crippen molar-refractivity contribution in [3.05, 3.63) is 95.2 Å². The number of H-pyrrole nitrogens is 1. The summed E-state index contributed by atoms with van der Waals surface area (Å²) in [5, 5.41) is 20.5. The third-order valence-electron chi connectivity index (χ3n) is 5.74. The topological polar surface area (TPSA) is 133 Å². The molecule has 8 nitrogen and oxygen atoms in total. The number of nitrogens with one attached hydrogen (secondary N) is 3. The normalized spacial score (nSPS) is 11.6. The van der Waals surface area contributed by atoms with E-state index in [0.717, 1.165) is 0 Å². The molecule has 4 rings (SSSR count). The zero-order chi connectivity index (χ0) is 27.2. The van der Waals surface area contributed by atoms with Gasteiger partial charge >= 0.3 is 0 Å². The van der Waals surface area contributed by atoms with E-state index in [1.807, 2.05) is 32.9 Å². The largest absolute Gasteiger partial charge is 0.494 e. The first-order valence-electron chi connectivity index (χ1n) is 12.2. The molecule has 0 saturated carbocycles. The number of amidine groups is 1. The average molecular weight is 513 g/mol. The van der Waals surface area contributed by atoms with Crippen LogP contribution in [0.25, 0.3) is 11.3 Å². The molecular weight excluding hydrogens is 483 g/mol. The molecule has 3 aromatic carbocycles. The molecule has 0 radical (unpaired) electrons. The van der Waals surface area contributed by atoms with Crippen molar-refractivity contribution in [3.63, 3.8) is 0 Å². The van der Waals surface area contributed by atoms with E-state index < -0.39 is 11.9 Å². The van der Waals surface area contributed by atoms with Gasteiger partial charge in [0.25, 0.3) is 0 Å². The highest BCUT2D eigenvalue weighted by Crippen LogP contribution is 2.36. The fourth-order valence-electron chi connectivity index (χ4n) is 4.03. The van der Waals surface area contributed by atoms with Crippen molar-refractivity contribution in [2.24, 2.45) is 5.73 Å². The Kier molecular flexibility index (Phi) is 7.92. The van der Waals surface area contributed by atoms with Crippen LogP contribution in [0.3, 0.4) is 0 Å². The number of rotatable bonds is 10. The Morgan fingerprint density at radius 1 is 1.18 bits per heavy atom. The summed E-state index contributed by atoms with van der Waals surface area (Å²) in [4.78, 5) is 7.83. The van der Waals surface area contributed by atoms with Crippen LogP contribution in [0.5, 0.6) is 11.5 Å². The fraction of sp³-hybridized carbons (Fsp3) is 0.207. The van der Waals surface area contributed by atoms with Gasteiger partial charge in [0, 0.05) is 28.4 Å². The number of nitriles is 1.